The summed E-state index contributed by atoms with van der Waals surface area (Å²) in [7, 11) is 2.04. The number of benzene rings is 1. The highest BCUT2D eigenvalue weighted by Gasteiger charge is 2.34. The first-order chi connectivity index (χ1) is 22.7. The van der Waals surface area contributed by atoms with Gasteiger partial charge in [-0.3, -0.25) is 4.79 Å². The quantitative estimate of drug-likeness (QED) is 0.324. The maximum Gasteiger partial charge on any atom is 0.407 e. The molecule has 3 aliphatic heterocycles. The number of piperazine rings is 1. The van der Waals surface area contributed by atoms with Gasteiger partial charge in [-0.15, -0.1) is 0 Å². The monoisotopic (exact) mass is 646 g/mol. The second-order valence-electron chi connectivity index (χ2n) is 12.6. The van der Waals surface area contributed by atoms with Gasteiger partial charge in [-0.2, -0.15) is 20.3 Å². The number of carboxylic acid groups (broad SMARTS) is 1. The minimum absolute atomic E-state index is 0.000711. The van der Waals surface area contributed by atoms with Crippen molar-refractivity contribution in [2.24, 2.45) is 0 Å². The zero-order valence-corrected chi connectivity index (χ0v) is 27.1. The summed E-state index contributed by atoms with van der Waals surface area (Å²) in [5.74, 6) is -0.273. The molecule has 3 aromatic rings. The fraction of sp³-hybridized carbons (Fsp3) is 0.562. The van der Waals surface area contributed by atoms with Crippen LogP contribution in [-0.2, 0) is 4.74 Å². The van der Waals surface area contributed by atoms with E-state index < -0.39 is 18.0 Å². The van der Waals surface area contributed by atoms with Gasteiger partial charge in [0, 0.05) is 37.7 Å². The first-order valence-corrected chi connectivity index (χ1v) is 16.2. The third kappa shape index (κ3) is 6.48. The van der Waals surface area contributed by atoms with Crippen LogP contribution in [0.25, 0.3) is 10.9 Å². The van der Waals surface area contributed by atoms with Crippen LogP contribution in [0.15, 0.2) is 12.3 Å². The molecule has 3 saturated heterocycles. The number of rotatable bonds is 8. The van der Waals surface area contributed by atoms with E-state index in [0.717, 1.165) is 60.7 Å². The maximum absolute atomic E-state index is 14.1. The van der Waals surface area contributed by atoms with Gasteiger partial charge in [-0.25, -0.2) is 9.48 Å². The van der Waals surface area contributed by atoms with Gasteiger partial charge in [0.1, 0.15) is 12.3 Å². The first-order valence-electron chi connectivity index (χ1n) is 16.2. The zero-order chi connectivity index (χ0) is 33.2. The van der Waals surface area contributed by atoms with Crippen molar-refractivity contribution in [3.63, 3.8) is 0 Å². The van der Waals surface area contributed by atoms with Gasteiger partial charge >= 0.3 is 12.1 Å². The molecule has 0 aliphatic carbocycles. The van der Waals surface area contributed by atoms with Crippen LogP contribution in [0.1, 0.15) is 66.4 Å². The van der Waals surface area contributed by atoms with Crippen LogP contribution in [0, 0.1) is 25.2 Å². The molecule has 2 aromatic heterocycles. The molecule has 0 saturated carbocycles. The first kappa shape index (κ1) is 32.3. The molecule has 250 valence electrons. The van der Waals surface area contributed by atoms with Gasteiger partial charge in [0.05, 0.1) is 35.9 Å². The number of nitrogens with zero attached hydrogens (tertiary/aromatic N) is 8. The lowest BCUT2D eigenvalue weighted by Crippen LogP contribution is -2.55. The number of hydrogen-bond acceptors (Lipinski definition) is 11. The van der Waals surface area contributed by atoms with E-state index in [-0.39, 0.29) is 61.5 Å². The minimum atomic E-state index is -1.09. The molecule has 15 heteroatoms. The lowest BCUT2D eigenvalue weighted by molar-refractivity contribution is -0.0366. The van der Waals surface area contributed by atoms with Crippen LogP contribution in [0.2, 0.25) is 0 Å². The number of ether oxygens (including phenoxy) is 2. The second-order valence-corrected chi connectivity index (χ2v) is 12.6. The fourth-order valence-electron chi connectivity index (χ4n) is 6.76. The molecule has 3 atom stereocenters. The summed E-state index contributed by atoms with van der Waals surface area (Å²) in [4.78, 5) is 40.4. The Morgan fingerprint density at radius 1 is 1.17 bits per heavy atom. The molecule has 4 N–H and O–H groups in total. The van der Waals surface area contributed by atoms with Gasteiger partial charge in [-0.1, -0.05) is 0 Å². The third-order valence-corrected chi connectivity index (χ3v) is 9.64. The van der Waals surface area contributed by atoms with Crippen molar-refractivity contribution in [2.45, 2.75) is 70.7 Å². The Hall–Kier alpha value is -4.68. The summed E-state index contributed by atoms with van der Waals surface area (Å²) in [6, 6.07) is 3.73. The van der Waals surface area contributed by atoms with E-state index >= 15 is 0 Å². The average Bonchev–Trinajstić information content (AvgIpc) is 3.68. The summed E-state index contributed by atoms with van der Waals surface area (Å²) >= 11 is 0. The molecule has 5 heterocycles. The molecule has 3 fully saturated rings. The highest BCUT2D eigenvalue weighted by molar-refractivity contribution is 6.12. The number of carbonyl (C=O) groups is 2. The predicted octanol–water partition coefficient (Wildman–Crippen LogP) is 3.53. The number of amides is 2. The Kier molecular flexibility index (Phi) is 9.33. The molecule has 2 amide bonds. The van der Waals surface area contributed by atoms with Crippen LogP contribution >= 0.6 is 0 Å². The van der Waals surface area contributed by atoms with E-state index in [1.165, 1.54) is 4.90 Å². The summed E-state index contributed by atoms with van der Waals surface area (Å²) in [5.41, 5.74) is 9.96. The number of fused-ring (bicyclic) bond motifs is 1. The normalized spacial score (nSPS) is 22.0. The number of hydrogen-bond donors (Lipinski definition) is 3. The van der Waals surface area contributed by atoms with Crippen LogP contribution in [-0.4, -0.2) is 105 Å². The van der Waals surface area contributed by atoms with Crippen molar-refractivity contribution >= 4 is 40.1 Å². The van der Waals surface area contributed by atoms with E-state index in [1.54, 1.807) is 11.1 Å². The molecule has 3 aliphatic rings. The van der Waals surface area contributed by atoms with Gasteiger partial charge < -0.3 is 40.3 Å². The molecular weight excluding hydrogens is 604 g/mol. The highest BCUT2D eigenvalue weighted by Crippen LogP contribution is 2.35. The van der Waals surface area contributed by atoms with Crippen molar-refractivity contribution in [3.05, 3.63) is 29.1 Å². The number of aryl methyl sites for hydroxylation is 1. The fourth-order valence-corrected chi connectivity index (χ4v) is 6.76. The summed E-state index contributed by atoms with van der Waals surface area (Å²) in [5, 5.41) is 27.6. The van der Waals surface area contributed by atoms with E-state index in [2.05, 4.69) is 37.4 Å². The molecule has 2 unspecified atom stereocenters. The Balaban J connectivity index is 1.35. The Bertz CT molecular complexity index is 1700. The Labute approximate surface area is 273 Å². The van der Waals surface area contributed by atoms with Crippen molar-refractivity contribution < 1.29 is 24.2 Å². The Morgan fingerprint density at radius 2 is 2.00 bits per heavy atom. The highest BCUT2D eigenvalue weighted by atomic mass is 16.5. The molecule has 0 spiro atoms. The molecule has 47 heavy (non-hydrogen) atoms. The topological polar surface area (TPSA) is 188 Å². The summed E-state index contributed by atoms with van der Waals surface area (Å²) < 4.78 is 14.0. The van der Waals surface area contributed by atoms with Crippen molar-refractivity contribution in [1.29, 1.82) is 5.26 Å². The standard InChI is InChI=1S/C32H42N10O5/c1-19-15-24-23(16-35-42(24)25-8-4-5-14-46-25)27(20(19)2)36-30(43)28-26(34)29(38-31(37-28)47-18-22-7-6-11-39(22)3)40-12-13-41(32(44)45)21(17-40)9-10-33/h15-16,21-22,25H,4-9,11-14,17-18,34H2,1-3H3,(H,36,43)(H,44,45)/t21-,22?,25?/m0/s1. The van der Waals surface area contributed by atoms with Gasteiger partial charge in [0.15, 0.2) is 17.7 Å². The number of likely N-dealkylation sites (tertiary alicyclic amines) is 1. The van der Waals surface area contributed by atoms with E-state index in [9.17, 15) is 20.0 Å². The number of aromatic nitrogens is 4. The largest absolute Gasteiger partial charge is 0.465 e. The number of likely N-dealkylation sites (N-methyl/N-ethyl adjacent to an activating group) is 1. The van der Waals surface area contributed by atoms with E-state index in [4.69, 9.17) is 15.2 Å². The molecule has 1 aromatic carbocycles. The SMILES string of the molecule is Cc1cc2c(cnn2C2CCCCO2)c(NC(=O)c2nc(OCC3CCCN3C)nc(N3CCN(C(=O)O)[C@@H](CC#N)C3)c2N)c1C. The molecule has 0 bridgehead atoms. The van der Waals surface area contributed by atoms with E-state index in [1.807, 2.05) is 25.6 Å². The van der Waals surface area contributed by atoms with Crippen molar-refractivity contribution in [1.82, 2.24) is 29.5 Å². The van der Waals surface area contributed by atoms with Crippen LogP contribution in [0.4, 0.5) is 22.0 Å². The molecular formula is C32H42N10O5. The van der Waals surface area contributed by atoms with E-state index in [0.29, 0.717) is 18.9 Å². The zero-order valence-electron chi connectivity index (χ0n) is 27.1. The molecule has 15 nitrogen and oxygen atoms in total. The smallest absolute Gasteiger partial charge is 0.407 e. The molecule has 0 radical (unpaired) electrons. The number of nitrogen functional groups attached to an aromatic ring is 1. The number of nitriles is 1. The summed E-state index contributed by atoms with van der Waals surface area (Å²) in [6.45, 7) is 6.50. The van der Waals surface area contributed by atoms with Gasteiger partial charge in [0.25, 0.3) is 5.91 Å². The Morgan fingerprint density at radius 3 is 2.70 bits per heavy atom. The molecule has 6 rings (SSSR count). The van der Waals surface area contributed by atoms with Crippen molar-refractivity contribution in [3.8, 4) is 12.1 Å². The van der Waals surface area contributed by atoms with Crippen LogP contribution in [0.3, 0.4) is 0 Å². The van der Waals surface area contributed by atoms with Gasteiger partial charge in [-0.05, 0) is 76.7 Å². The predicted molar refractivity (Wildman–Crippen MR) is 175 cm³/mol. The number of carbonyl (C=O) groups excluding carboxylic acids is 1. The number of nitrogens with one attached hydrogen (secondary N) is 1. The lowest BCUT2D eigenvalue weighted by Gasteiger charge is -2.40. The van der Waals surface area contributed by atoms with Gasteiger partial charge in [0.2, 0.25) is 0 Å². The number of nitrogens with two attached hydrogens (primary N) is 1. The number of anilines is 3. The maximum atomic E-state index is 14.1. The second kappa shape index (κ2) is 13.6. The third-order valence-electron chi connectivity index (χ3n) is 9.64. The van der Waals surface area contributed by atoms with Crippen molar-refractivity contribution in [2.75, 3.05) is 62.4 Å². The van der Waals surface area contributed by atoms with Crippen LogP contribution < -0.4 is 20.7 Å². The average molecular weight is 647 g/mol. The lowest BCUT2D eigenvalue weighted by atomic mass is 10.0. The summed E-state index contributed by atoms with van der Waals surface area (Å²) in [6.07, 6.45) is 5.46. The van der Waals surface area contributed by atoms with Crippen LogP contribution in [0.5, 0.6) is 6.01 Å². The minimum Gasteiger partial charge on any atom is -0.465 e.